The zero-order valence-electron chi connectivity index (χ0n) is 6.87. The number of nitrogens with zero attached hydrogens (tertiary/aromatic N) is 1. The van der Waals surface area contributed by atoms with E-state index < -0.39 is 9.05 Å². The largest absolute Gasteiger partial charge is 0.236 e. The van der Waals surface area contributed by atoms with E-state index in [2.05, 4.69) is 15.9 Å². The maximum Gasteiger partial charge on any atom is 0.236 e. The molecule has 0 fully saturated rings. The molecule has 0 aromatic heterocycles. The van der Waals surface area contributed by atoms with Crippen LogP contribution >= 0.6 is 26.6 Å². The molecule has 0 amide bonds. The van der Waals surface area contributed by atoms with E-state index in [1.807, 2.05) is 6.07 Å². The topological polar surface area (TPSA) is 57.9 Å². The Kier molecular flexibility index (Phi) is 3.53. The Hall–Kier alpha value is -0.570. The first-order valence-corrected chi connectivity index (χ1v) is 6.80. The van der Waals surface area contributed by atoms with E-state index in [0.29, 0.717) is 15.6 Å². The first kappa shape index (κ1) is 11.5. The number of benzene rings is 1. The normalized spacial score (nSPS) is 10.9. The highest BCUT2D eigenvalue weighted by molar-refractivity contribution is 9.10. The molecule has 1 aromatic rings. The van der Waals surface area contributed by atoms with Gasteiger partial charge in [-0.05, 0) is 23.8 Å². The molecule has 1 aromatic carbocycles. The molecule has 14 heavy (non-hydrogen) atoms. The Balaban J connectivity index is 3.15. The van der Waals surface area contributed by atoms with E-state index in [0.717, 1.165) is 0 Å². The lowest BCUT2D eigenvalue weighted by molar-refractivity contribution is 0.609. The lowest BCUT2D eigenvalue weighted by Crippen LogP contribution is -1.96. The predicted octanol–water partition coefficient (Wildman–Crippen LogP) is 2.39. The molecule has 0 N–H and O–H groups in total. The van der Waals surface area contributed by atoms with Gasteiger partial charge >= 0.3 is 0 Å². The molecule has 74 valence electrons. The number of hydrogen-bond acceptors (Lipinski definition) is 3. The smallest absolute Gasteiger partial charge is 0.212 e. The van der Waals surface area contributed by atoms with Crippen molar-refractivity contribution in [3.63, 3.8) is 0 Å². The molecule has 0 radical (unpaired) electrons. The van der Waals surface area contributed by atoms with Gasteiger partial charge in [-0.25, -0.2) is 8.42 Å². The van der Waals surface area contributed by atoms with Gasteiger partial charge in [0.25, 0.3) is 0 Å². The molecule has 3 nitrogen and oxygen atoms in total. The van der Waals surface area contributed by atoms with E-state index in [9.17, 15) is 8.42 Å². The molecular formula is C8H5BrClNO2S. The summed E-state index contributed by atoms with van der Waals surface area (Å²) in [6, 6.07) is 6.62. The van der Waals surface area contributed by atoms with Gasteiger partial charge in [0.15, 0.2) is 0 Å². The molecule has 0 unspecified atom stereocenters. The molecule has 0 aliphatic rings. The fourth-order valence-electron chi connectivity index (χ4n) is 0.941. The quantitative estimate of drug-likeness (QED) is 0.787. The summed E-state index contributed by atoms with van der Waals surface area (Å²) in [5, 5.41) is 8.60. The average molecular weight is 295 g/mol. The molecule has 0 bridgehead atoms. The third kappa shape index (κ3) is 3.29. The summed E-state index contributed by atoms with van der Waals surface area (Å²) in [6.07, 6.45) is 0. The van der Waals surface area contributed by atoms with E-state index in [4.69, 9.17) is 15.9 Å². The van der Waals surface area contributed by atoms with Crippen molar-refractivity contribution in [3.05, 3.63) is 33.8 Å². The van der Waals surface area contributed by atoms with E-state index in [1.54, 1.807) is 12.1 Å². The average Bonchev–Trinajstić information content (AvgIpc) is 2.06. The summed E-state index contributed by atoms with van der Waals surface area (Å²) in [5.41, 5.74) is 0.891. The van der Waals surface area contributed by atoms with Gasteiger partial charge in [0.1, 0.15) is 0 Å². The van der Waals surface area contributed by atoms with Gasteiger partial charge in [-0.1, -0.05) is 15.9 Å². The van der Waals surface area contributed by atoms with Crippen LogP contribution in [0, 0.1) is 11.3 Å². The van der Waals surface area contributed by atoms with Crippen molar-refractivity contribution in [1.82, 2.24) is 0 Å². The lowest BCUT2D eigenvalue weighted by Gasteiger charge is -2.01. The van der Waals surface area contributed by atoms with Gasteiger partial charge < -0.3 is 0 Å². The maximum atomic E-state index is 10.8. The van der Waals surface area contributed by atoms with Crippen molar-refractivity contribution in [2.75, 3.05) is 0 Å². The van der Waals surface area contributed by atoms with Gasteiger partial charge in [0, 0.05) is 15.2 Å². The predicted molar refractivity (Wildman–Crippen MR) is 57.3 cm³/mol. The zero-order chi connectivity index (χ0) is 10.8. The molecule has 0 aliphatic heterocycles. The van der Waals surface area contributed by atoms with Crippen molar-refractivity contribution in [1.29, 1.82) is 5.26 Å². The number of rotatable bonds is 2. The van der Waals surface area contributed by atoms with Crippen LogP contribution in [0.4, 0.5) is 0 Å². The Bertz CT molecular complexity index is 493. The van der Waals surface area contributed by atoms with Crippen molar-refractivity contribution >= 4 is 35.7 Å². The van der Waals surface area contributed by atoms with Gasteiger partial charge in [0.2, 0.25) is 9.05 Å². The second-order valence-corrected chi connectivity index (χ2v) is 6.23. The first-order valence-electron chi connectivity index (χ1n) is 3.53. The van der Waals surface area contributed by atoms with Crippen LogP contribution < -0.4 is 0 Å². The van der Waals surface area contributed by atoms with E-state index in [-0.39, 0.29) is 5.75 Å². The highest BCUT2D eigenvalue weighted by atomic mass is 79.9. The molecule has 1 rings (SSSR count). The molecule has 0 aliphatic carbocycles. The van der Waals surface area contributed by atoms with Crippen LogP contribution in [-0.4, -0.2) is 8.42 Å². The van der Waals surface area contributed by atoms with Crippen LogP contribution in [-0.2, 0) is 14.8 Å². The summed E-state index contributed by atoms with van der Waals surface area (Å²) >= 11 is 3.18. The Morgan fingerprint density at radius 2 is 2.14 bits per heavy atom. The third-order valence-electron chi connectivity index (χ3n) is 1.50. The van der Waals surface area contributed by atoms with Crippen molar-refractivity contribution < 1.29 is 8.42 Å². The van der Waals surface area contributed by atoms with Crippen molar-refractivity contribution in [2.24, 2.45) is 0 Å². The number of halogens is 2. The fraction of sp³-hybridized carbons (Fsp3) is 0.125. The molecule has 0 saturated carbocycles. The van der Waals surface area contributed by atoms with Gasteiger partial charge in [-0.3, -0.25) is 0 Å². The van der Waals surface area contributed by atoms with E-state index in [1.165, 1.54) is 6.07 Å². The summed E-state index contributed by atoms with van der Waals surface area (Å²) in [7, 11) is 1.51. The van der Waals surface area contributed by atoms with Gasteiger partial charge in [0.05, 0.1) is 17.4 Å². The fourth-order valence-corrected chi connectivity index (χ4v) is 2.48. The molecule has 0 heterocycles. The third-order valence-corrected chi connectivity index (χ3v) is 3.26. The molecular weight excluding hydrogens is 290 g/mol. The second-order valence-electron chi connectivity index (χ2n) is 2.60. The van der Waals surface area contributed by atoms with Crippen molar-refractivity contribution in [2.45, 2.75) is 5.75 Å². The minimum absolute atomic E-state index is 0.287. The minimum atomic E-state index is -3.59. The highest BCUT2D eigenvalue weighted by Crippen LogP contribution is 2.21. The highest BCUT2D eigenvalue weighted by Gasteiger charge is 2.10. The Morgan fingerprint density at radius 3 is 2.64 bits per heavy atom. The SMILES string of the molecule is N#Cc1ccc(Br)c(CS(=O)(=O)Cl)c1. The molecule has 6 heteroatoms. The first-order chi connectivity index (χ1) is 6.42. The van der Waals surface area contributed by atoms with Gasteiger partial charge in [-0.15, -0.1) is 0 Å². The molecule has 0 atom stereocenters. The van der Waals surface area contributed by atoms with Crippen LogP contribution in [0.25, 0.3) is 0 Å². The minimum Gasteiger partial charge on any atom is -0.212 e. The Labute approximate surface area is 94.9 Å². The standard InChI is InChI=1S/C8H5BrClNO2S/c9-8-2-1-6(4-11)3-7(8)5-14(10,12)13/h1-3H,5H2. The summed E-state index contributed by atoms with van der Waals surface area (Å²) in [5.74, 6) is -0.287. The zero-order valence-corrected chi connectivity index (χ0v) is 10.0. The van der Waals surface area contributed by atoms with Crippen LogP contribution in [0.3, 0.4) is 0 Å². The van der Waals surface area contributed by atoms with E-state index >= 15 is 0 Å². The molecule has 0 spiro atoms. The van der Waals surface area contributed by atoms with Gasteiger partial charge in [-0.2, -0.15) is 5.26 Å². The monoisotopic (exact) mass is 293 g/mol. The van der Waals surface area contributed by atoms with Crippen LogP contribution in [0.1, 0.15) is 11.1 Å². The summed E-state index contributed by atoms with van der Waals surface area (Å²) in [6.45, 7) is 0. The van der Waals surface area contributed by atoms with Crippen LogP contribution in [0.5, 0.6) is 0 Å². The van der Waals surface area contributed by atoms with Crippen LogP contribution in [0.15, 0.2) is 22.7 Å². The maximum absolute atomic E-state index is 10.8. The van der Waals surface area contributed by atoms with Crippen molar-refractivity contribution in [3.8, 4) is 6.07 Å². The second kappa shape index (κ2) is 4.30. The lowest BCUT2D eigenvalue weighted by atomic mass is 10.2. The summed E-state index contributed by atoms with van der Waals surface area (Å²) < 4.78 is 22.3. The van der Waals surface area contributed by atoms with Crippen LogP contribution in [0.2, 0.25) is 0 Å². The summed E-state index contributed by atoms with van der Waals surface area (Å²) in [4.78, 5) is 0. The number of nitriles is 1. The number of hydrogen-bond donors (Lipinski definition) is 0. The molecule has 0 saturated heterocycles. The Morgan fingerprint density at radius 1 is 1.50 bits per heavy atom.